The maximum absolute atomic E-state index is 13.5. The summed E-state index contributed by atoms with van der Waals surface area (Å²) in [5.41, 5.74) is 0.477. The number of nitrogens with one attached hydrogen (secondary N) is 1. The lowest BCUT2D eigenvalue weighted by Gasteiger charge is -2.06. The van der Waals surface area contributed by atoms with E-state index in [1.807, 2.05) is 0 Å². The van der Waals surface area contributed by atoms with Crippen LogP contribution in [-0.2, 0) is 6.42 Å². The fraction of sp³-hybridized carbons (Fsp3) is 0.600. The summed E-state index contributed by atoms with van der Waals surface area (Å²) in [4.78, 5) is 0. The minimum Gasteiger partial charge on any atom is -0.317 e. The molecule has 0 aliphatic heterocycles. The molecule has 0 aliphatic rings. The summed E-state index contributed by atoms with van der Waals surface area (Å²) < 4.78 is 27.0. The highest BCUT2D eigenvalue weighted by Gasteiger charge is 2.07. The van der Waals surface area contributed by atoms with Crippen LogP contribution in [0.2, 0.25) is 0 Å². The Kier molecular flexibility index (Phi) is 8.22. The van der Waals surface area contributed by atoms with Gasteiger partial charge in [0, 0.05) is 0 Å². The molecule has 4 heteroatoms. The molecule has 1 aromatic carbocycles. The summed E-state index contributed by atoms with van der Waals surface area (Å²) in [5, 5.41) is 3.35. The highest BCUT2D eigenvalue weighted by molar-refractivity contribution is 9.10. The summed E-state index contributed by atoms with van der Waals surface area (Å²) >= 11 is 2.98. The van der Waals surface area contributed by atoms with Crippen LogP contribution >= 0.6 is 15.9 Å². The third-order valence-electron chi connectivity index (χ3n) is 3.07. The molecular weight excluding hydrogens is 312 g/mol. The van der Waals surface area contributed by atoms with Gasteiger partial charge in [0.15, 0.2) is 0 Å². The Bertz CT molecular complexity index is 383. The van der Waals surface area contributed by atoms with E-state index in [0.29, 0.717) is 12.0 Å². The fourth-order valence-electron chi connectivity index (χ4n) is 1.98. The lowest BCUT2D eigenvalue weighted by atomic mass is 10.1. The molecule has 0 fully saturated rings. The summed E-state index contributed by atoms with van der Waals surface area (Å²) in [6.07, 6.45) is 6.03. The van der Waals surface area contributed by atoms with Crippen molar-refractivity contribution in [3.63, 3.8) is 0 Å². The summed E-state index contributed by atoms with van der Waals surface area (Å²) in [7, 11) is 0. The average Bonchev–Trinajstić information content (AvgIpc) is 2.38. The first-order valence-electron chi connectivity index (χ1n) is 6.99. The van der Waals surface area contributed by atoms with E-state index in [1.165, 1.54) is 12.1 Å². The van der Waals surface area contributed by atoms with Crippen LogP contribution in [0.25, 0.3) is 0 Å². The van der Waals surface area contributed by atoms with Crippen molar-refractivity contribution in [3.8, 4) is 0 Å². The molecule has 1 rings (SSSR count). The van der Waals surface area contributed by atoms with E-state index in [9.17, 15) is 8.78 Å². The van der Waals surface area contributed by atoms with Gasteiger partial charge in [-0.3, -0.25) is 0 Å². The van der Waals surface area contributed by atoms with Gasteiger partial charge in [-0.25, -0.2) is 8.78 Å². The molecule has 0 heterocycles. The van der Waals surface area contributed by atoms with Crippen LogP contribution in [-0.4, -0.2) is 13.1 Å². The van der Waals surface area contributed by atoms with Gasteiger partial charge >= 0.3 is 0 Å². The zero-order chi connectivity index (χ0) is 14.1. The van der Waals surface area contributed by atoms with Crippen molar-refractivity contribution in [1.29, 1.82) is 0 Å². The molecule has 0 saturated carbocycles. The van der Waals surface area contributed by atoms with Gasteiger partial charge in [-0.1, -0.05) is 19.8 Å². The largest absolute Gasteiger partial charge is 0.317 e. The van der Waals surface area contributed by atoms with Gasteiger partial charge in [0.25, 0.3) is 0 Å². The first-order chi connectivity index (χ1) is 9.15. The predicted octanol–water partition coefficient (Wildman–Crippen LogP) is 4.83. The van der Waals surface area contributed by atoms with Crippen LogP contribution in [0.3, 0.4) is 0 Å². The quantitative estimate of drug-likeness (QED) is 0.504. The Morgan fingerprint density at radius 1 is 1.00 bits per heavy atom. The van der Waals surface area contributed by atoms with Crippen molar-refractivity contribution in [1.82, 2.24) is 5.32 Å². The third-order valence-corrected chi connectivity index (χ3v) is 3.67. The maximum Gasteiger partial charge on any atom is 0.137 e. The molecule has 0 radical (unpaired) electrons. The second-order valence-electron chi connectivity index (χ2n) is 4.77. The molecule has 0 unspecified atom stereocenters. The van der Waals surface area contributed by atoms with Gasteiger partial charge in [0.05, 0.1) is 4.47 Å². The van der Waals surface area contributed by atoms with E-state index in [1.54, 1.807) is 0 Å². The van der Waals surface area contributed by atoms with Crippen molar-refractivity contribution in [2.45, 2.75) is 45.4 Å². The molecule has 0 aliphatic carbocycles. The van der Waals surface area contributed by atoms with Gasteiger partial charge < -0.3 is 5.32 Å². The summed E-state index contributed by atoms with van der Waals surface area (Å²) in [6, 6.07) is 2.50. The van der Waals surface area contributed by atoms with Gasteiger partial charge in [-0.2, -0.15) is 0 Å². The molecule has 1 N–H and O–H groups in total. The molecule has 0 amide bonds. The number of unbranched alkanes of at least 4 members (excludes halogenated alkanes) is 3. The minimum absolute atomic E-state index is 0.191. The van der Waals surface area contributed by atoms with Crippen molar-refractivity contribution in [2.75, 3.05) is 13.1 Å². The Labute approximate surface area is 122 Å². The molecule has 0 atom stereocenters. The van der Waals surface area contributed by atoms with E-state index in [2.05, 4.69) is 28.2 Å². The molecule has 1 nitrogen and oxygen atoms in total. The summed E-state index contributed by atoms with van der Waals surface area (Å²) in [6.45, 7) is 4.28. The van der Waals surface area contributed by atoms with Gasteiger partial charge in [0.1, 0.15) is 11.6 Å². The Morgan fingerprint density at radius 3 is 2.47 bits per heavy atom. The lowest BCUT2D eigenvalue weighted by Crippen LogP contribution is -2.15. The molecular formula is C15H22BrF2N. The van der Waals surface area contributed by atoms with Gasteiger partial charge in [0.2, 0.25) is 0 Å². The highest BCUT2D eigenvalue weighted by atomic mass is 79.9. The number of hydrogen-bond donors (Lipinski definition) is 1. The van der Waals surface area contributed by atoms with Crippen molar-refractivity contribution < 1.29 is 8.78 Å². The van der Waals surface area contributed by atoms with Crippen molar-refractivity contribution in [3.05, 3.63) is 33.8 Å². The van der Waals surface area contributed by atoms with Crippen LogP contribution in [0.15, 0.2) is 16.6 Å². The zero-order valence-electron chi connectivity index (χ0n) is 11.4. The number of halogens is 3. The molecule has 0 spiro atoms. The fourth-order valence-corrected chi connectivity index (χ4v) is 2.29. The lowest BCUT2D eigenvalue weighted by molar-refractivity contribution is 0.560. The number of hydrogen-bond acceptors (Lipinski definition) is 1. The molecule has 0 saturated heterocycles. The first kappa shape index (κ1) is 16.6. The van der Waals surface area contributed by atoms with E-state index in [-0.39, 0.29) is 16.1 Å². The molecule has 0 bridgehead atoms. The topological polar surface area (TPSA) is 12.0 Å². The van der Waals surface area contributed by atoms with Crippen LogP contribution in [0, 0.1) is 11.6 Å². The Balaban J connectivity index is 2.17. The predicted molar refractivity (Wildman–Crippen MR) is 79.4 cm³/mol. The first-order valence-corrected chi connectivity index (χ1v) is 7.78. The number of rotatable bonds is 9. The SMILES string of the molecule is CCCNCCCCCCc1cc(F)c(Br)cc1F. The van der Waals surface area contributed by atoms with Crippen LogP contribution in [0.5, 0.6) is 0 Å². The molecule has 0 aromatic heterocycles. The van der Waals surface area contributed by atoms with E-state index in [4.69, 9.17) is 0 Å². The molecule has 19 heavy (non-hydrogen) atoms. The Hall–Kier alpha value is -0.480. The number of benzene rings is 1. The van der Waals surface area contributed by atoms with Crippen LogP contribution < -0.4 is 5.32 Å². The Morgan fingerprint density at radius 2 is 1.74 bits per heavy atom. The normalized spacial score (nSPS) is 10.9. The second-order valence-corrected chi connectivity index (χ2v) is 5.63. The van der Waals surface area contributed by atoms with E-state index >= 15 is 0 Å². The average molecular weight is 334 g/mol. The maximum atomic E-state index is 13.5. The van der Waals surface area contributed by atoms with Crippen LogP contribution in [0.4, 0.5) is 8.78 Å². The summed E-state index contributed by atoms with van der Waals surface area (Å²) in [5.74, 6) is -0.710. The number of aryl methyl sites for hydroxylation is 1. The molecule has 1 aromatic rings. The zero-order valence-corrected chi connectivity index (χ0v) is 13.0. The monoisotopic (exact) mass is 333 g/mol. The smallest absolute Gasteiger partial charge is 0.137 e. The van der Waals surface area contributed by atoms with Gasteiger partial charge in [-0.15, -0.1) is 0 Å². The van der Waals surface area contributed by atoms with Crippen LogP contribution in [0.1, 0.15) is 44.6 Å². The van der Waals surface area contributed by atoms with Crippen molar-refractivity contribution >= 4 is 15.9 Å². The standard InChI is InChI=1S/C15H22BrF2N/c1-2-8-19-9-6-4-3-5-7-12-10-15(18)13(16)11-14(12)17/h10-11,19H,2-9H2,1H3. The minimum atomic E-state index is -0.389. The van der Waals surface area contributed by atoms with Crippen molar-refractivity contribution in [2.24, 2.45) is 0 Å². The van der Waals surface area contributed by atoms with Gasteiger partial charge in [-0.05, 0) is 72.4 Å². The van der Waals surface area contributed by atoms with E-state index < -0.39 is 0 Å². The molecule has 108 valence electrons. The third kappa shape index (κ3) is 6.48. The second kappa shape index (κ2) is 9.43. The van der Waals surface area contributed by atoms with E-state index in [0.717, 1.165) is 45.2 Å². The highest BCUT2D eigenvalue weighted by Crippen LogP contribution is 2.21.